The molecule has 0 bridgehead atoms. The van der Waals surface area contributed by atoms with Crippen molar-refractivity contribution in [3.05, 3.63) is 33.1 Å². The van der Waals surface area contributed by atoms with Crippen LogP contribution in [0.4, 0.5) is 0 Å². The number of halogens is 3. The fraction of sp³-hybridized carbons (Fsp3) is 0.533. The summed E-state index contributed by atoms with van der Waals surface area (Å²) in [5.41, 5.74) is 3.20. The molecular weight excluding hydrogens is 319 g/mol. The van der Waals surface area contributed by atoms with Gasteiger partial charge in [-0.2, -0.15) is 0 Å². The molecule has 0 spiro atoms. The number of hydrogen-bond acceptors (Lipinski definition) is 2. The van der Waals surface area contributed by atoms with Crippen LogP contribution in [0.15, 0.2) is 33.1 Å². The Bertz CT molecular complexity index is 615. The van der Waals surface area contributed by atoms with Gasteiger partial charge in [0, 0.05) is 27.2 Å². The molecule has 0 amide bonds. The number of rotatable bonds is 0. The standard InChI is InChI=1S/C15H15Cl3O2/c1-6-8-4-5-15(3)9(12(8)20-14(6)19)7(2)10(16)11(17)13(15)18/h11,13H,4-5H2,1-3H3. The molecule has 3 atom stereocenters. The Hall–Kier alpha value is -0.440. The van der Waals surface area contributed by atoms with Crippen LogP contribution in [0.1, 0.15) is 33.6 Å². The van der Waals surface area contributed by atoms with Crippen LogP contribution in [0.2, 0.25) is 0 Å². The third-order valence-corrected chi connectivity index (χ3v) is 6.72. The zero-order valence-electron chi connectivity index (χ0n) is 11.5. The van der Waals surface area contributed by atoms with Crippen molar-refractivity contribution in [1.82, 2.24) is 0 Å². The first-order valence-electron chi connectivity index (χ1n) is 6.61. The number of esters is 1. The predicted octanol–water partition coefficient (Wildman–Crippen LogP) is 4.66. The maximum absolute atomic E-state index is 11.8. The molecule has 108 valence electrons. The van der Waals surface area contributed by atoms with Crippen LogP contribution in [0.3, 0.4) is 0 Å². The predicted molar refractivity (Wildman–Crippen MR) is 81.0 cm³/mol. The number of hydrogen-bond donors (Lipinski definition) is 0. The molecule has 2 nitrogen and oxygen atoms in total. The molecule has 0 saturated heterocycles. The maximum atomic E-state index is 11.8. The van der Waals surface area contributed by atoms with Gasteiger partial charge in [0.15, 0.2) is 0 Å². The molecule has 0 radical (unpaired) electrons. The molecule has 1 aliphatic heterocycles. The molecule has 0 aromatic rings. The van der Waals surface area contributed by atoms with Crippen molar-refractivity contribution in [3.63, 3.8) is 0 Å². The van der Waals surface area contributed by atoms with Crippen LogP contribution < -0.4 is 0 Å². The largest absolute Gasteiger partial charge is 0.423 e. The van der Waals surface area contributed by atoms with E-state index in [4.69, 9.17) is 39.5 Å². The summed E-state index contributed by atoms with van der Waals surface area (Å²) in [6.07, 6.45) is 1.62. The minimum atomic E-state index is -0.406. The summed E-state index contributed by atoms with van der Waals surface area (Å²) >= 11 is 19.3. The van der Waals surface area contributed by atoms with E-state index in [2.05, 4.69) is 6.92 Å². The number of fused-ring (bicyclic) bond motifs is 2. The Morgan fingerprint density at radius 3 is 2.55 bits per heavy atom. The molecule has 1 heterocycles. The molecule has 0 saturated carbocycles. The van der Waals surface area contributed by atoms with Crippen molar-refractivity contribution in [2.75, 3.05) is 0 Å². The summed E-state index contributed by atoms with van der Waals surface area (Å²) in [5, 5.41) is -0.172. The monoisotopic (exact) mass is 332 g/mol. The van der Waals surface area contributed by atoms with Gasteiger partial charge in [-0.15, -0.1) is 23.2 Å². The third-order valence-electron chi connectivity index (χ3n) is 4.76. The molecule has 3 unspecified atom stereocenters. The van der Waals surface area contributed by atoms with Gasteiger partial charge in [-0.05, 0) is 32.3 Å². The van der Waals surface area contributed by atoms with E-state index in [0.29, 0.717) is 16.4 Å². The first kappa shape index (κ1) is 14.5. The lowest BCUT2D eigenvalue weighted by molar-refractivity contribution is -0.133. The Morgan fingerprint density at radius 2 is 1.90 bits per heavy atom. The minimum absolute atomic E-state index is 0.269. The van der Waals surface area contributed by atoms with Crippen molar-refractivity contribution >= 4 is 40.8 Å². The maximum Gasteiger partial charge on any atom is 0.339 e. The summed E-state index contributed by atoms with van der Waals surface area (Å²) in [5.74, 6) is 0.390. The topological polar surface area (TPSA) is 26.3 Å². The minimum Gasteiger partial charge on any atom is -0.423 e. The summed E-state index contributed by atoms with van der Waals surface area (Å²) in [6.45, 7) is 5.80. The Morgan fingerprint density at radius 1 is 1.25 bits per heavy atom. The van der Waals surface area contributed by atoms with Crippen molar-refractivity contribution < 1.29 is 9.53 Å². The smallest absolute Gasteiger partial charge is 0.339 e. The summed E-state index contributed by atoms with van der Waals surface area (Å²) in [6, 6.07) is 0. The van der Waals surface area contributed by atoms with E-state index in [1.54, 1.807) is 6.92 Å². The Kier molecular flexibility index (Phi) is 3.28. The van der Waals surface area contributed by atoms with Gasteiger partial charge in [-0.3, -0.25) is 0 Å². The lowest BCUT2D eigenvalue weighted by Crippen LogP contribution is -2.43. The molecule has 0 aromatic carbocycles. The molecule has 0 N–H and O–H groups in total. The lowest BCUT2D eigenvalue weighted by Gasteiger charge is -2.46. The second-order valence-electron chi connectivity index (χ2n) is 5.89. The van der Waals surface area contributed by atoms with E-state index in [0.717, 1.165) is 29.6 Å². The fourth-order valence-electron chi connectivity index (χ4n) is 3.45. The van der Waals surface area contributed by atoms with Gasteiger partial charge in [-0.25, -0.2) is 4.79 Å². The SMILES string of the molecule is CC1=C2CCC3(C)C(=C2OC1=O)C(C)=C(Cl)C(Cl)C3Cl. The van der Waals surface area contributed by atoms with Gasteiger partial charge in [0.25, 0.3) is 0 Å². The fourth-order valence-corrected chi connectivity index (χ4v) is 4.52. The first-order valence-corrected chi connectivity index (χ1v) is 7.86. The van der Waals surface area contributed by atoms with E-state index >= 15 is 0 Å². The first-order chi connectivity index (χ1) is 9.29. The van der Waals surface area contributed by atoms with Crippen LogP contribution in [0.5, 0.6) is 0 Å². The van der Waals surface area contributed by atoms with Gasteiger partial charge in [0.05, 0.1) is 10.8 Å². The quantitative estimate of drug-likeness (QED) is 0.476. The molecule has 3 rings (SSSR count). The summed E-state index contributed by atoms with van der Waals surface area (Å²) < 4.78 is 5.49. The van der Waals surface area contributed by atoms with Crippen LogP contribution in [0.25, 0.3) is 0 Å². The third kappa shape index (κ3) is 1.68. The van der Waals surface area contributed by atoms with Crippen LogP contribution >= 0.6 is 34.8 Å². The number of carbonyl (C=O) groups is 1. The number of ether oxygens (including phenoxy) is 1. The summed E-state index contributed by atoms with van der Waals surface area (Å²) in [7, 11) is 0. The number of carbonyl (C=O) groups excluding carboxylic acids is 1. The van der Waals surface area contributed by atoms with E-state index in [-0.39, 0.29) is 16.8 Å². The second-order valence-corrected chi connectivity index (χ2v) is 7.24. The average molecular weight is 334 g/mol. The lowest BCUT2D eigenvalue weighted by atomic mass is 9.64. The second kappa shape index (κ2) is 4.53. The van der Waals surface area contributed by atoms with Gasteiger partial charge < -0.3 is 4.74 Å². The number of allylic oxidation sites excluding steroid dienone is 4. The van der Waals surface area contributed by atoms with Crippen LogP contribution in [0, 0.1) is 5.41 Å². The Labute approximate surface area is 133 Å². The van der Waals surface area contributed by atoms with Crippen LogP contribution in [-0.4, -0.2) is 16.7 Å². The number of alkyl halides is 2. The zero-order chi connectivity index (χ0) is 14.8. The van der Waals surface area contributed by atoms with Gasteiger partial charge in [0.1, 0.15) is 5.76 Å². The molecule has 0 aromatic heterocycles. The zero-order valence-corrected chi connectivity index (χ0v) is 13.8. The highest BCUT2D eigenvalue weighted by Gasteiger charge is 2.52. The summed E-state index contributed by atoms with van der Waals surface area (Å²) in [4.78, 5) is 11.8. The van der Waals surface area contributed by atoms with Gasteiger partial charge in [0.2, 0.25) is 0 Å². The van der Waals surface area contributed by atoms with Crippen molar-refractivity contribution in [2.24, 2.45) is 5.41 Å². The van der Waals surface area contributed by atoms with E-state index in [1.807, 2.05) is 6.92 Å². The highest BCUT2D eigenvalue weighted by molar-refractivity contribution is 6.41. The highest BCUT2D eigenvalue weighted by Crippen LogP contribution is 2.57. The highest BCUT2D eigenvalue weighted by atomic mass is 35.5. The van der Waals surface area contributed by atoms with Crippen LogP contribution in [-0.2, 0) is 9.53 Å². The molecule has 20 heavy (non-hydrogen) atoms. The molecule has 2 aliphatic carbocycles. The normalized spacial score (nSPS) is 37.2. The van der Waals surface area contributed by atoms with E-state index in [1.165, 1.54) is 0 Å². The Balaban J connectivity index is 2.31. The van der Waals surface area contributed by atoms with E-state index < -0.39 is 5.38 Å². The molecular formula is C15H15Cl3O2. The molecule has 5 heteroatoms. The van der Waals surface area contributed by atoms with Crippen molar-refractivity contribution in [3.8, 4) is 0 Å². The molecule has 3 aliphatic rings. The van der Waals surface area contributed by atoms with E-state index in [9.17, 15) is 4.79 Å². The van der Waals surface area contributed by atoms with Crippen molar-refractivity contribution in [2.45, 2.75) is 44.4 Å². The molecule has 0 fully saturated rings. The average Bonchev–Trinajstić information content (AvgIpc) is 2.69. The van der Waals surface area contributed by atoms with Gasteiger partial charge in [-0.1, -0.05) is 18.5 Å². The van der Waals surface area contributed by atoms with Crippen molar-refractivity contribution in [1.29, 1.82) is 0 Å². The van der Waals surface area contributed by atoms with Gasteiger partial charge >= 0.3 is 5.97 Å².